The molecule has 0 spiro atoms. The van der Waals surface area contributed by atoms with Gasteiger partial charge in [-0.25, -0.2) is 4.68 Å². The van der Waals surface area contributed by atoms with Gasteiger partial charge in [-0.1, -0.05) is 42.5 Å². The second-order valence-corrected chi connectivity index (χ2v) is 6.74. The van der Waals surface area contributed by atoms with Crippen LogP contribution < -0.4 is 5.56 Å². The summed E-state index contributed by atoms with van der Waals surface area (Å²) in [5.74, 6) is -0.116. The molecule has 0 aliphatic heterocycles. The fourth-order valence-electron chi connectivity index (χ4n) is 3.11. The van der Waals surface area contributed by atoms with E-state index in [1.54, 1.807) is 18.0 Å². The van der Waals surface area contributed by atoms with Crippen LogP contribution in [0.5, 0.6) is 0 Å². The predicted octanol–water partition coefficient (Wildman–Crippen LogP) is 2.09. The number of aromatic nitrogens is 2. The fourth-order valence-corrected chi connectivity index (χ4v) is 3.11. The molecule has 1 heterocycles. The van der Waals surface area contributed by atoms with Gasteiger partial charge in [0.1, 0.15) is 6.54 Å². The summed E-state index contributed by atoms with van der Waals surface area (Å²) >= 11 is 0. The minimum absolute atomic E-state index is 0.0131. The van der Waals surface area contributed by atoms with Crippen molar-refractivity contribution in [3.63, 3.8) is 0 Å². The first-order valence-corrected chi connectivity index (χ1v) is 8.60. The molecule has 0 radical (unpaired) electrons. The van der Waals surface area contributed by atoms with E-state index >= 15 is 0 Å². The summed E-state index contributed by atoms with van der Waals surface area (Å²) in [6.07, 6.45) is 0. The number of nitrogens with zero attached hydrogens (tertiary/aromatic N) is 3. The largest absolute Gasteiger partial charge is 0.336 e. The number of para-hydroxylation sites is 1. The van der Waals surface area contributed by atoms with Crippen molar-refractivity contribution in [2.75, 3.05) is 27.7 Å². The second-order valence-electron chi connectivity index (χ2n) is 6.74. The molecule has 0 saturated heterocycles. The van der Waals surface area contributed by atoms with Crippen molar-refractivity contribution < 1.29 is 4.79 Å². The van der Waals surface area contributed by atoms with Gasteiger partial charge >= 0.3 is 0 Å². The summed E-state index contributed by atoms with van der Waals surface area (Å²) in [7, 11) is 5.75. The third kappa shape index (κ3) is 3.70. The molecule has 0 saturated carbocycles. The van der Waals surface area contributed by atoms with Crippen LogP contribution in [0.25, 0.3) is 10.9 Å². The highest BCUT2D eigenvalue weighted by atomic mass is 16.2. The molecule has 3 rings (SSSR count). The maximum absolute atomic E-state index is 12.9. The Kier molecular flexibility index (Phi) is 5.23. The molecule has 0 bridgehead atoms. The number of hydrogen-bond acceptors (Lipinski definition) is 3. The number of fused-ring (bicyclic) bond motifs is 1. The number of carbonyl (C=O) groups is 1. The minimum Gasteiger partial charge on any atom is -0.336 e. The molecular formula is C20H24N4O2. The van der Waals surface area contributed by atoms with E-state index in [0.717, 1.165) is 11.1 Å². The van der Waals surface area contributed by atoms with Gasteiger partial charge in [0, 0.05) is 13.6 Å². The smallest absolute Gasteiger partial charge is 0.274 e. The average molecular weight is 352 g/mol. The minimum atomic E-state index is -0.175. The molecule has 136 valence electrons. The van der Waals surface area contributed by atoms with Crippen molar-refractivity contribution in [2.24, 2.45) is 0 Å². The molecule has 6 heteroatoms. The number of likely N-dealkylation sites (N-methyl/N-ethyl adjacent to an activating group) is 2. The number of aromatic amines is 1. The first-order chi connectivity index (χ1) is 12.5. The van der Waals surface area contributed by atoms with E-state index < -0.39 is 0 Å². The van der Waals surface area contributed by atoms with Crippen molar-refractivity contribution in [3.05, 3.63) is 70.5 Å². The van der Waals surface area contributed by atoms with Crippen LogP contribution in [0.15, 0.2) is 59.4 Å². The molecule has 0 fully saturated rings. The zero-order valence-electron chi connectivity index (χ0n) is 15.3. The van der Waals surface area contributed by atoms with Crippen LogP contribution in [-0.4, -0.2) is 53.2 Å². The SMILES string of the molecule is CN(C)C[C@@H](c1ccccc1)N(C)C(=O)Cn1[nH]c2ccccc2c1=O. The summed E-state index contributed by atoms with van der Waals surface area (Å²) < 4.78 is 1.38. The first-order valence-electron chi connectivity index (χ1n) is 8.60. The van der Waals surface area contributed by atoms with Crippen LogP contribution in [0.2, 0.25) is 0 Å². The van der Waals surface area contributed by atoms with Crippen molar-refractivity contribution in [1.29, 1.82) is 0 Å². The highest BCUT2D eigenvalue weighted by Gasteiger charge is 2.23. The molecule has 2 aromatic carbocycles. The molecule has 6 nitrogen and oxygen atoms in total. The van der Waals surface area contributed by atoms with Crippen molar-refractivity contribution >= 4 is 16.8 Å². The van der Waals surface area contributed by atoms with Crippen LogP contribution in [-0.2, 0) is 11.3 Å². The van der Waals surface area contributed by atoms with Gasteiger partial charge in [-0.15, -0.1) is 0 Å². The van der Waals surface area contributed by atoms with Gasteiger partial charge in [-0.05, 0) is 31.8 Å². The third-order valence-corrected chi connectivity index (χ3v) is 4.53. The normalized spacial score (nSPS) is 12.5. The molecule has 1 atom stereocenters. The third-order valence-electron chi connectivity index (χ3n) is 4.53. The van der Waals surface area contributed by atoms with Gasteiger partial charge in [-0.2, -0.15) is 0 Å². The Morgan fingerprint density at radius 1 is 1.04 bits per heavy atom. The summed E-state index contributed by atoms with van der Waals surface area (Å²) in [6, 6.07) is 17.1. The lowest BCUT2D eigenvalue weighted by molar-refractivity contribution is -0.133. The van der Waals surface area contributed by atoms with E-state index in [2.05, 4.69) is 10.00 Å². The summed E-state index contributed by atoms with van der Waals surface area (Å²) in [5.41, 5.74) is 1.63. The van der Waals surface area contributed by atoms with E-state index in [0.29, 0.717) is 11.9 Å². The number of rotatable bonds is 6. The molecule has 1 amide bonds. The maximum atomic E-state index is 12.9. The number of amides is 1. The van der Waals surface area contributed by atoms with Crippen molar-refractivity contribution in [2.45, 2.75) is 12.6 Å². The van der Waals surface area contributed by atoms with Gasteiger partial charge in [-0.3, -0.25) is 14.7 Å². The summed E-state index contributed by atoms with van der Waals surface area (Å²) in [5, 5.41) is 3.61. The first kappa shape index (κ1) is 17.9. The van der Waals surface area contributed by atoms with E-state index in [1.165, 1.54) is 4.68 Å². The maximum Gasteiger partial charge on any atom is 0.274 e. The van der Waals surface area contributed by atoms with Crippen LogP contribution >= 0.6 is 0 Å². The van der Waals surface area contributed by atoms with E-state index in [9.17, 15) is 9.59 Å². The van der Waals surface area contributed by atoms with Crippen molar-refractivity contribution in [1.82, 2.24) is 19.6 Å². The van der Waals surface area contributed by atoms with Gasteiger partial charge < -0.3 is 9.80 Å². The Labute approximate surface area is 152 Å². The zero-order chi connectivity index (χ0) is 18.7. The van der Waals surface area contributed by atoms with E-state index in [1.807, 2.05) is 62.6 Å². The van der Waals surface area contributed by atoms with Gasteiger partial charge in [0.15, 0.2) is 0 Å². The number of carbonyl (C=O) groups excluding carboxylic acids is 1. The Morgan fingerprint density at radius 3 is 2.35 bits per heavy atom. The topological polar surface area (TPSA) is 61.3 Å². The monoisotopic (exact) mass is 352 g/mol. The van der Waals surface area contributed by atoms with Gasteiger partial charge in [0.25, 0.3) is 5.56 Å². The van der Waals surface area contributed by atoms with E-state index in [4.69, 9.17) is 0 Å². The Bertz CT molecular complexity index is 943. The van der Waals surface area contributed by atoms with E-state index in [-0.39, 0.29) is 24.1 Å². The molecule has 1 aromatic heterocycles. The lowest BCUT2D eigenvalue weighted by Gasteiger charge is -2.31. The van der Waals surface area contributed by atoms with Crippen molar-refractivity contribution in [3.8, 4) is 0 Å². The van der Waals surface area contributed by atoms with Crippen LogP contribution in [0, 0.1) is 0 Å². The highest BCUT2D eigenvalue weighted by molar-refractivity contribution is 5.80. The molecule has 3 aromatic rings. The molecule has 26 heavy (non-hydrogen) atoms. The lowest BCUT2D eigenvalue weighted by atomic mass is 10.1. The standard InChI is InChI=1S/C20H24N4O2/c1-22(2)13-18(15-9-5-4-6-10-15)23(3)19(25)14-24-20(26)16-11-7-8-12-17(16)21-24/h4-12,18,21H,13-14H2,1-3H3/t18-/m0/s1. The lowest BCUT2D eigenvalue weighted by Crippen LogP contribution is -2.40. The van der Waals surface area contributed by atoms with Crippen LogP contribution in [0.1, 0.15) is 11.6 Å². The molecule has 0 unspecified atom stereocenters. The molecule has 1 N–H and O–H groups in total. The average Bonchev–Trinajstić information content (AvgIpc) is 2.95. The second kappa shape index (κ2) is 7.58. The number of H-pyrrole nitrogens is 1. The predicted molar refractivity (Wildman–Crippen MR) is 103 cm³/mol. The molecular weight excluding hydrogens is 328 g/mol. The number of hydrogen-bond donors (Lipinski definition) is 1. The Morgan fingerprint density at radius 2 is 1.69 bits per heavy atom. The van der Waals surface area contributed by atoms with Crippen LogP contribution in [0.3, 0.4) is 0 Å². The summed E-state index contributed by atoms with van der Waals surface area (Å²) in [4.78, 5) is 29.1. The number of benzene rings is 2. The Hall–Kier alpha value is -2.86. The van der Waals surface area contributed by atoms with Gasteiger partial charge in [0.2, 0.25) is 5.91 Å². The van der Waals surface area contributed by atoms with Crippen LogP contribution in [0.4, 0.5) is 0 Å². The molecule has 0 aliphatic rings. The van der Waals surface area contributed by atoms with Gasteiger partial charge in [0.05, 0.1) is 16.9 Å². The highest BCUT2D eigenvalue weighted by Crippen LogP contribution is 2.20. The number of nitrogens with one attached hydrogen (secondary N) is 1. The molecule has 0 aliphatic carbocycles. The Balaban J connectivity index is 1.84. The summed E-state index contributed by atoms with van der Waals surface area (Å²) in [6.45, 7) is 0.689. The quantitative estimate of drug-likeness (QED) is 0.739. The fraction of sp³-hybridized carbons (Fsp3) is 0.300. The zero-order valence-corrected chi connectivity index (χ0v) is 15.3.